The number of fused-ring (bicyclic) bond motifs is 1. The van der Waals surface area contributed by atoms with Crippen molar-refractivity contribution in [3.63, 3.8) is 0 Å². The minimum atomic E-state index is -0.0942. The summed E-state index contributed by atoms with van der Waals surface area (Å²) < 4.78 is 5.70. The Hall–Kier alpha value is -2.80. The smallest absolute Gasteiger partial charge is 0.289 e. The number of hydrogen-bond donors (Lipinski definition) is 1. The number of furan rings is 1. The molecule has 3 heterocycles. The number of piperidine rings is 1. The molecule has 0 bridgehead atoms. The molecule has 2 amide bonds. The zero-order valence-corrected chi connectivity index (χ0v) is 17.1. The number of nitrogens with one attached hydrogen (secondary N) is 1. The number of carbonyl (C=O) groups excluding carboxylic acids is 2. The maximum Gasteiger partial charge on any atom is 0.289 e. The Kier molecular flexibility index (Phi) is 5.85. The van der Waals surface area contributed by atoms with Crippen LogP contribution in [0, 0.1) is 5.92 Å². The lowest BCUT2D eigenvalue weighted by molar-refractivity contribution is 0.0655. The molecular weight excluding hydrogens is 386 g/mol. The van der Waals surface area contributed by atoms with Crippen molar-refractivity contribution >= 4 is 34.5 Å². The maximum absolute atomic E-state index is 12.8. The lowest BCUT2D eigenvalue weighted by Gasteiger charge is -2.31. The zero-order valence-electron chi connectivity index (χ0n) is 16.3. The van der Waals surface area contributed by atoms with Gasteiger partial charge in [-0.25, -0.2) is 4.98 Å². The number of likely N-dealkylation sites (tertiary alicyclic amines) is 1. The second-order valence-electron chi connectivity index (χ2n) is 7.15. The summed E-state index contributed by atoms with van der Waals surface area (Å²) in [6, 6.07) is 13.0. The molecule has 1 aliphatic heterocycles. The van der Waals surface area contributed by atoms with E-state index in [9.17, 15) is 9.59 Å². The number of benzene rings is 1. The molecule has 0 unspecified atom stereocenters. The van der Waals surface area contributed by atoms with Crippen LogP contribution in [0.4, 0.5) is 0 Å². The summed E-state index contributed by atoms with van der Waals surface area (Å²) in [5.41, 5.74) is 1.34. The van der Waals surface area contributed by atoms with Gasteiger partial charge in [0, 0.05) is 31.2 Å². The molecule has 1 aliphatic rings. The predicted molar refractivity (Wildman–Crippen MR) is 113 cm³/mol. The average Bonchev–Trinajstić information content (AvgIpc) is 3.21. The van der Waals surface area contributed by atoms with Crippen molar-refractivity contribution in [1.29, 1.82) is 0 Å². The Labute approximate surface area is 173 Å². The van der Waals surface area contributed by atoms with Crippen LogP contribution in [0.25, 0.3) is 11.0 Å². The largest absolute Gasteiger partial charge is 0.451 e. The fourth-order valence-corrected chi connectivity index (χ4v) is 4.19. The van der Waals surface area contributed by atoms with E-state index < -0.39 is 0 Å². The van der Waals surface area contributed by atoms with Gasteiger partial charge in [-0.1, -0.05) is 18.2 Å². The molecule has 7 heteroatoms. The highest BCUT2D eigenvalue weighted by Crippen LogP contribution is 2.23. The summed E-state index contributed by atoms with van der Waals surface area (Å²) in [6.07, 6.45) is 5.31. The molecule has 2 aromatic heterocycles. The number of pyridine rings is 1. The quantitative estimate of drug-likeness (QED) is 0.648. The van der Waals surface area contributed by atoms with Crippen LogP contribution < -0.4 is 5.32 Å². The van der Waals surface area contributed by atoms with Gasteiger partial charge in [0.1, 0.15) is 10.6 Å². The highest BCUT2D eigenvalue weighted by atomic mass is 32.2. The standard InChI is InChI=1S/C22H23N3O3S/c1-29-21-17(6-4-10-23-21)20(26)24-14-15-8-11-25(12-9-15)22(27)19-13-16-5-2-3-7-18(16)28-19/h2-7,10,13,15H,8-9,11-12,14H2,1H3,(H,24,26). The summed E-state index contributed by atoms with van der Waals surface area (Å²) >= 11 is 1.46. The first kappa shape index (κ1) is 19.5. The molecule has 1 aromatic carbocycles. The van der Waals surface area contributed by atoms with E-state index in [1.807, 2.05) is 35.4 Å². The first-order chi connectivity index (χ1) is 14.2. The van der Waals surface area contributed by atoms with Gasteiger partial charge >= 0.3 is 0 Å². The zero-order chi connectivity index (χ0) is 20.2. The SMILES string of the molecule is CSc1ncccc1C(=O)NCC1CCN(C(=O)c2cc3ccccc3o2)CC1. The Bertz CT molecular complexity index is 992. The van der Waals surface area contributed by atoms with E-state index in [1.54, 1.807) is 24.4 Å². The van der Waals surface area contributed by atoms with Crippen molar-refractivity contribution < 1.29 is 14.0 Å². The molecule has 0 saturated carbocycles. The van der Waals surface area contributed by atoms with Crippen molar-refractivity contribution in [2.45, 2.75) is 17.9 Å². The van der Waals surface area contributed by atoms with Crippen LogP contribution in [0.2, 0.25) is 0 Å². The van der Waals surface area contributed by atoms with E-state index >= 15 is 0 Å². The number of para-hydroxylation sites is 1. The minimum absolute atomic E-state index is 0.0661. The third kappa shape index (κ3) is 4.29. The molecule has 1 fully saturated rings. The number of rotatable bonds is 5. The van der Waals surface area contributed by atoms with E-state index in [0.717, 1.165) is 28.8 Å². The predicted octanol–water partition coefficient (Wildman–Crippen LogP) is 3.83. The van der Waals surface area contributed by atoms with E-state index in [4.69, 9.17) is 4.42 Å². The Morgan fingerprint density at radius 1 is 1.21 bits per heavy atom. The Morgan fingerprint density at radius 3 is 2.76 bits per heavy atom. The summed E-state index contributed by atoms with van der Waals surface area (Å²) in [4.78, 5) is 31.3. The molecule has 150 valence electrons. The molecule has 29 heavy (non-hydrogen) atoms. The van der Waals surface area contributed by atoms with E-state index in [0.29, 0.717) is 36.9 Å². The number of thioether (sulfide) groups is 1. The van der Waals surface area contributed by atoms with Crippen molar-refractivity contribution in [3.05, 3.63) is 60.0 Å². The van der Waals surface area contributed by atoms with Crippen molar-refractivity contribution in [2.24, 2.45) is 5.92 Å². The van der Waals surface area contributed by atoms with Crippen molar-refractivity contribution in [3.8, 4) is 0 Å². The van der Waals surface area contributed by atoms with Gasteiger partial charge in [-0.2, -0.15) is 0 Å². The molecule has 0 aliphatic carbocycles. The van der Waals surface area contributed by atoms with Gasteiger partial charge in [-0.05, 0) is 49.3 Å². The molecule has 0 atom stereocenters. The van der Waals surface area contributed by atoms with E-state index in [-0.39, 0.29) is 11.8 Å². The van der Waals surface area contributed by atoms with Gasteiger partial charge in [0.25, 0.3) is 11.8 Å². The van der Waals surface area contributed by atoms with Gasteiger partial charge in [0.15, 0.2) is 5.76 Å². The molecule has 0 spiro atoms. The molecule has 6 nitrogen and oxygen atoms in total. The second-order valence-corrected chi connectivity index (χ2v) is 7.95. The third-order valence-electron chi connectivity index (χ3n) is 5.30. The van der Waals surface area contributed by atoms with Gasteiger partial charge in [0.2, 0.25) is 0 Å². The number of amides is 2. The maximum atomic E-state index is 12.8. The number of nitrogens with zero attached hydrogens (tertiary/aromatic N) is 2. The van der Waals surface area contributed by atoms with Crippen LogP contribution >= 0.6 is 11.8 Å². The summed E-state index contributed by atoms with van der Waals surface area (Å²) in [5, 5.41) is 4.69. The lowest BCUT2D eigenvalue weighted by atomic mass is 9.96. The van der Waals surface area contributed by atoms with Crippen LogP contribution in [-0.4, -0.2) is 47.6 Å². The highest BCUT2D eigenvalue weighted by molar-refractivity contribution is 7.98. The fraction of sp³-hybridized carbons (Fsp3) is 0.318. The third-order valence-corrected chi connectivity index (χ3v) is 6.01. The molecule has 3 aromatic rings. The van der Waals surface area contributed by atoms with E-state index in [1.165, 1.54) is 11.8 Å². The number of carbonyl (C=O) groups is 2. The molecule has 1 saturated heterocycles. The summed E-state index contributed by atoms with van der Waals surface area (Å²) in [6.45, 7) is 1.94. The van der Waals surface area contributed by atoms with E-state index in [2.05, 4.69) is 10.3 Å². The van der Waals surface area contributed by atoms with Crippen molar-refractivity contribution in [1.82, 2.24) is 15.2 Å². The lowest BCUT2D eigenvalue weighted by Crippen LogP contribution is -2.41. The Morgan fingerprint density at radius 2 is 2.00 bits per heavy atom. The topological polar surface area (TPSA) is 75.4 Å². The van der Waals surface area contributed by atoms with Gasteiger partial charge < -0.3 is 14.6 Å². The van der Waals surface area contributed by atoms with Crippen LogP contribution in [0.1, 0.15) is 33.8 Å². The Balaban J connectivity index is 1.30. The average molecular weight is 410 g/mol. The van der Waals surface area contributed by atoms with Crippen LogP contribution in [0.3, 0.4) is 0 Å². The number of aromatic nitrogens is 1. The molecule has 4 rings (SSSR count). The number of hydrogen-bond acceptors (Lipinski definition) is 5. The van der Waals surface area contributed by atoms with Gasteiger partial charge in [-0.15, -0.1) is 11.8 Å². The van der Waals surface area contributed by atoms with Crippen molar-refractivity contribution in [2.75, 3.05) is 25.9 Å². The fourth-order valence-electron chi connectivity index (χ4n) is 3.64. The summed E-state index contributed by atoms with van der Waals surface area (Å²) in [5.74, 6) is 0.582. The van der Waals surface area contributed by atoms with Gasteiger partial charge in [-0.3, -0.25) is 9.59 Å². The molecule has 0 radical (unpaired) electrons. The van der Waals surface area contributed by atoms with Crippen LogP contribution in [0.15, 0.2) is 58.1 Å². The molecule has 1 N–H and O–H groups in total. The molecular formula is C22H23N3O3S. The summed E-state index contributed by atoms with van der Waals surface area (Å²) in [7, 11) is 0. The van der Waals surface area contributed by atoms with Gasteiger partial charge in [0.05, 0.1) is 5.56 Å². The first-order valence-corrected chi connectivity index (χ1v) is 10.9. The highest BCUT2D eigenvalue weighted by Gasteiger charge is 2.26. The monoisotopic (exact) mass is 409 g/mol. The van der Waals surface area contributed by atoms with Crippen LogP contribution in [0.5, 0.6) is 0 Å². The second kappa shape index (κ2) is 8.69. The first-order valence-electron chi connectivity index (χ1n) is 9.71. The normalized spacial score (nSPS) is 14.9. The minimum Gasteiger partial charge on any atom is -0.451 e. The van der Waals surface area contributed by atoms with Crippen LogP contribution in [-0.2, 0) is 0 Å².